The maximum atomic E-state index is 5.81. The summed E-state index contributed by atoms with van der Waals surface area (Å²) < 4.78 is 5.81. The van der Waals surface area contributed by atoms with Gasteiger partial charge in [0.25, 0.3) is 0 Å². The van der Waals surface area contributed by atoms with Crippen LogP contribution in [0.5, 0.6) is 5.75 Å². The zero-order valence-electron chi connectivity index (χ0n) is 12.8. The van der Waals surface area contributed by atoms with E-state index in [-0.39, 0.29) is 0 Å². The highest BCUT2D eigenvalue weighted by Crippen LogP contribution is 2.50. The Labute approximate surface area is 131 Å². The van der Waals surface area contributed by atoms with Crippen molar-refractivity contribution in [3.05, 3.63) is 29.3 Å². The Morgan fingerprint density at radius 3 is 2.85 bits per heavy atom. The van der Waals surface area contributed by atoms with Crippen molar-refractivity contribution in [2.45, 2.75) is 63.8 Å². The molecule has 0 aromatic heterocycles. The molecule has 110 valence electrons. The fraction of sp³-hybridized carbons (Fsp3) is 0.667. The normalized spacial score (nSPS) is 29.6. The van der Waals surface area contributed by atoms with Crippen LogP contribution in [0.4, 0.5) is 0 Å². The second-order valence-electron chi connectivity index (χ2n) is 7.24. The van der Waals surface area contributed by atoms with E-state index in [9.17, 15) is 0 Å². The molecule has 20 heavy (non-hydrogen) atoms. The molecule has 3 unspecified atom stereocenters. The van der Waals surface area contributed by atoms with Gasteiger partial charge in [-0.15, -0.1) is 0 Å². The average Bonchev–Trinajstić information content (AvgIpc) is 2.76. The molecule has 1 nitrogen and oxygen atoms in total. The fourth-order valence-corrected chi connectivity index (χ4v) is 5.17. The maximum Gasteiger partial charge on any atom is 0.123 e. The number of rotatable bonds is 2. The number of halogens is 1. The maximum absolute atomic E-state index is 5.81. The first-order chi connectivity index (χ1) is 9.47. The van der Waals surface area contributed by atoms with Crippen LogP contribution < -0.4 is 4.74 Å². The lowest BCUT2D eigenvalue weighted by Gasteiger charge is -2.41. The fourth-order valence-electron chi connectivity index (χ4n) is 3.91. The van der Waals surface area contributed by atoms with Crippen LogP contribution in [0, 0.1) is 11.3 Å². The van der Waals surface area contributed by atoms with Crippen LogP contribution in [0.15, 0.2) is 18.2 Å². The van der Waals surface area contributed by atoms with Crippen molar-refractivity contribution in [2.75, 3.05) is 0 Å². The summed E-state index contributed by atoms with van der Waals surface area (Å²) in [6, 6.07) is 6.78. The molecule has 2 aliphatic rings. The number of alkyl halides is 1. The minimum absolute atomic E-state index is 0.333. The van der Waals surface area contributed by atoms with Crippen molar-refractivity contribution in [3.8, 4) is 5.75 Å². The smallest absolute Gasteiger partial charge is 0.123 e. The van der Waals surface area contributed by atoms with Gasteiger partial charge in [0.05, 0.1) is 0 Å². The van der Waals surface area contributed by atoms with Crippen molar-refractivity contribution >= 4 is 15.9 Å². The van der Waals surface area contributed by atoms with E-state index in [2.05, 4.69) is 54.9 Å². The molecule has 1 saturated carbocycles. The summed E-state index contributed by atoms with van der Waals surface area (Å²) >= 11 is 4.01. The molecule has 1 aliphatic carbocycles. The summed E-state index contributed by atoms with van der Waals surface area (Å²) in [5, 5.41) is 0. The van der Waals surface area contributed by atoms with E-state index >= 15 is 0 Å². The first-order valence-corrected chi connectivity index (χ1v) is 8.82. The predicted molar refractivity (Wildman–Crippen MR) is 87.6 cm³/mol. The summed E-state index contributed by atoms with van der Waals surface area (Å²) in [4.78, 5) is 0.471. The van der Waals surface area contributed by atoms with Crippen LogP contribution in [0.25, 0.3) is 0 Å². The van der Waals surface area contributed by atoms with E-state index in [0.29, 0.717) is 16.3 Å². The van der Waals surface area contributed by atoms with Gasteiger partial charge in [0.2, 0.25) is 0 Å². The van der Waals surface area contributed by atoms with Crippen molar-refractivity contribution in [1.29, 1.82) is 0 Å². The molecule has 1 aromatic rings. The molecule has 1 heterocycles. The minimum atomic E-state index is 0.333. The monoisotopic (exact) mass is 336 g/mol. The lowest BCUT2D eigenvalue weighted by molar-refractivity contribution is 0.136. The third-order valence-electron chi connectivity index (χ3n) is 5.18. The van der Waals surface area contributed by atoms with E-state index in [1.165, 1.54) is 36.8 Å². The van der Waals surface area contributed by atoms with Gasteiger partial charge in [0.1, 0.15) is 11.9 Å². The van der Waals surface area contributed by atoms with Gasteiger partial charge in [-0.1, -0.05) is 54.8 Å². The van der Waals surface area contributed by atoms with Crippen LogP contribution in [0.3, 0.4) is 0 Å². The number of hydrogen-bond donors (Lipinski definition) is 0. The molecule has 0 saturated heterocycles. The summed E-state index contributed by atoms with van der Waals surface area (Å²) in [5.41, 5.74) is 3.25. The second kappa shape index (κ2) is 5.36. The van der Waals surface area contributed by atoms with E-state index in [1.54, 1.807) is 0 Å². The molecule has 1 aliphatic heterocycles. The highest BCUT2D eigenvalue weighted by molar-refractivity contribution is 9.09. The number of hydrogen-bond acceptors (Lipinski definition) is 1. The Kier molecular flexibility index (Phi) is 3.87. The van der Waals surface area contributed by atoms with Crippen LogP contribution in [-0.4, -0.2) is 6.10 Å². The summed E-state index contributed by atoms with van der Waals surface area (Å²) in [7, 11) is 0. The molecule has 0 amide bonds. The molecule has 0 spiro atoms. The molecule has 3 rings (SSSR count). The highest BCUT2D eigenvalue weighted by atomic mass is 79.9. The molecular weight excluding hydrogens is 312 g/mol. The standard InChI is InChI=1S/C18H25BrO/c1-12-10-14-11-13(7-8-16(14)20-12)17(19)15-6-4-5-9-18(15,2)3/h7-8,11-12,15,17H,4-6,9-10H2,1-3H3. The molecule has 2 heteroatoms. The van der Waals surface area contributed by atoms with Crippen LogP contribution in [0.2, 0.25) is 0 Å². The van der Waals surface area contributed by atoms with Crippen molar-refractivity contribution < 1.29 is 4.74 Å². The lowest BCUT2D eigenvalue weighted by atomic mass is 9.66. The topological polar surface area (TPSA) is 9.23 Å². The molecule has 1 aromatic carbocycles. The van der Waals surface area contributed by atoms with Crippen LogP contribution >= 0.6 is 15.9 Å². The zero-order chi connectivity index (χ0) is 14.3. The van der Waals surface area contributed by atoms with Gasteiger partial charge < -0.3 is 4.74 Å². The Bertz CT molecular complexity index is 494. The van der Waals surface area contributed by atoms with Gasteiger partial charge >= 0.3 is 0 Å². The molecular formula is C18H25BrO. The number of ether oxygens (including phenoxy) is 1. The van der Waals surface area contributed by atoms with E-state index in [1.807, 2.05) is 0 Å². The van der Waals surface area contributed by atoms with Gasteiger partial charge in [-0.25, -0.2) is 0 Å². The first-order valence-electron chi connectivity index (χ1n) is 7.91. The average molecular weight is 337 g/mol. The van der Waals surface area contributed by atoms with Crippen LogP contribution in [-0.2, 0) is 6.42 Å². The van der Waals surface area contributed by atoms with Crippen LogP contribution in [0.1, 0.15) is 62.4 Å². The third kappa shape index (κ3) is 2.64. The Morgan fingerprint density at radius 1 is 1.30 bits per heavy atom. The molecule has 0 bridgehead atoms. The van der Waals surface area contributed by atoms with Gasteiger partial charge in [-0.3, -0.25) is 0 Å². The van der Waals surface area contributed by atoms with Gasteiger partial charge in [-0.05, 0) is 48.3 Å². The van der Waals surface area contributed by atoms with Gasteiger partial charge in [0.15, 0.2) is 0 Å². The second-order valence-corrected chi connectivity index (χ2v) is 8.23. The summed E-state index contributed by atoms with van der Waals surface area (Å²) in [5.74, 6) is 1.82. The van der Waals surface area contributed by atoms with Gasteiger partial charge in [0, 0.05) is 11.2 Å². The predicted octanol–water partition coefficient (Wildman–Crippen LogP) is 5.66. The quantitative estimate of drug-likeness (QED) is 0.633. The molecule has 0 N–H and O–H groups in total. The van der Waals surface area contributed by atoms with Gasteiger partial charge in [-0.2, -0.15) is 0 Å². The highest BCUT2D eigenvalue weighted by Gasteiger charge is 2.37. The van der Waals surface area contributed by atoms with Crippen molar-refractivity contribution in [2.24, 2.45) is 11.3 Å². The molecule has 0 radical (unpaired) electrons. The van der Waals surface area contributed by atoms with E-state index in [4.69, 9.17) is 4.74 Å². The van der Waals surface area contributed by atoms with E-state index in [0.717, 1.165) is 18.1 Å². The largest absolute Gasteiger partial charge is 0.490 e. The third-order valence-corrected chi connectivity index (χ3v) is 6.35. The summed E-state index contributed by atoms with van der Waals surface area (Å²) in [6.45, 7) is 7.02. The van der Waals surface area contributed by atoms with E-state index < -0.39 is 0 Å². The molecule has 3 atom stereocenters. The van der Waals surface area contributed by atoms with Crippen molar-refractivity contribution in [1.82, 2.24) is 0 Å². The SMILES string of the molecule is CC1Cc2cc(C(Br)C3CCCCC3(C)C)ccc2O1. The minimum Gasteiger partial charge on any atom is -0.490 e. The lowest BCUT2D eigenvalue weighted by Crippen LogP contribution is -2.30. The Hall–Kier alpha value is -0.500. The Morgan fingerprint density at radius 2 is 2.10 bits per heavy atom. The molecule has 1 fully saturated rings. The number of benzene rings is 1. The van der Waals surface area contributed by atoms with Crippen molar-refractivity contribution in [3.63, 3.8) is 0 Å². The summed E-state index contributed by atoms with van der Waals surface area (Å²) in [6.07, 6.45) is 6.84. The number of fused-ring (bicyclic) bond motifs is 1. The zero-order valence-corrected chi connectivity index (χ0v) is 14.4. The Balaban J connectivity index is 1.84. The first kappa shape index (κ1) is 14.4.